The molecule has 0 aromatic heterocycles. The number of benzene rings is 2. The van der Waals surface area contributed by atoms with E-state index in [2.05, 4.69) is 10.1 Å². The molecule has 0 radical (unpaired) electrons. The smallest absolute Gasteiger partial charge is 0.119 e. The Morgan fingerprint density at radius 2 is 1.53 bits per heavy atom. The molecule has 0 atom stereocenters. The lowest BCUT2D eigenvalue weighted by molar-refractivity contribution is 0.322. The molecule has 0 unspecified atom stereocenters. The summed E-state index contributed by atoms with van der Waals surface area (Å²) in [7, 11) is 3.65. The molecule has 0 fully saturated rings. The normalized spacial score (nSPS) is 10.6. The van der Waals surface area contributed by atoms with Gasteiger partial charge in [0.1, 0.15) is 5.75 Å². The maximum Gasteiger partial charge on any atom is 0.119 e. The van der Waals surface area contributed by atoms with E-state index in [4.69, 9.17) is 9.94 Å². The van der Waals surface area contributed by atoms with Crippen LogP contribution in [0.3, 0.4) is 0 Å². The first kappa shape index (κ1) is 13.0. The largest absolute Gasteiger partial charge is 0.497 e. The molecule has 0 bridgehead atoms. The van der Waals surface area contributed by atoms with Crippen LogP contribution in [0.5, 0.6) is 5.75 Å². The maximum atomic E-state index is 8.47. The van der Waals surface area contributed by atoms with Crippen molar-refractivity contribution in [1.82, 2.24) is 0 Å². The van der Waals surface area contributed by atoms with Crippen LogP contribution in [0.2, 0.25) is 0 Å². The molecule has 98 valence electrons. The minimum absolute atomic E-state index is 0.839. The lowest BCUT2D eigenvalue weighted by Gasteiger charge is -2.19. The summed E-state index contributed by atoms with van der Waals surface area (Å²) < 4.78 is 5.14. The van der Waals surface area contributed by atoms with Crippen molar-refractivity contribution in [2.24, 2.45) is 5.16 Å². The second-order valence-corrected chi connectivity index (χ2v) is 4.09. The summed E-state index contributed by atoms with van der Waals surface area (Å²) in [6.07, 6.45) is 1.40. The second kappa shape index (κ2) is 5.91. The topological polar surface area (TPSA) is 45.1 Å². The Bertz CT molecular complexity index is 547. The fourth-order valence-electron chi connectivity index (χ4n) is 1.81. The van der Waals surface area contributed by atoms with Crippen LogP contribution in [0.15, 0.2) is 53.7 Å². The van der Waals surface area contributed by atoms with Gasteiger partial charge in [0.15, 0.2) is 0 Å². The summed E-state index contributed by atoms with van der Waals surface area (Å²) >= 11 is 0. The van der Waals surface area contributed by atoms with Gasteiger partial charge in [-0.3, -0.25) is 0 Å². The Balaban J connectivity index is 2.19. The van der Waals surface area contributed by atoms with Crippen LogP contribution in [-0.2, 0) is 0 Å². The summed E-state index contributed by atoms with van der Waals surface area (Å²) in [5.41, 5.74) is 2.99. The van der Waals surface area contributed by atoms with E-state index in [9.17, 15) is 0 Å². The van der Waals surface area contributed by atoms with Crippen LogP contribution in [0.4, 0.5) is 11.4 Å². The summed E-state index contributed by atoms with van der Waals surface area (Å²) in [5, 5.41) is 11.5. The highest BCUT2D eigenvalue weighted by Gasteiger charge is 2.03. The Hall–Kier alpha value is -2.49. The number of nitrogens with zero attached hydrogens (tertiary/aromatic N) is 2. The Labute approximate surface area is 112 Å². The van der Waals surface area contributed by atoms with Gasteiger partial charge in [0, 0.05) is 18.4 Å². The van der Waals surface area contributed by atoms with E-state index in [-0.39, 0.29) is 0 Å². The predicted molar refractivity (Wildman–Crippen MR) is 76.9 cm³/mol. The lowest BCUT2D eigenvalue weighted by Crippen LogP contribution is -2.09. The van der Waals surface area contributed by atoms with Crippen molar-refractivity contribution < 1.29 is 9.94 Å². The van der Waals surface area contributed by atoms with Gasteiger partial charge in [0.25, 0.3) is 0 Å². The van der Waals surface area contributed by atoms with Crippen molar-refractivity contribution in [2.45, 2.75) is 0 Å². The average molecular weight is 256 g/mol. The lowest BCUT2D eigenvalue weighted by atomic mass is 10.2. The second-order valence-electron chi connectivity index (χ2n) is 4.09. The van der Waals surface area contributed by atoms with Gasteiger partial charge in [-0.05, 0) is 42.0 Å². The third-order valence-corrected chi connectivity index (χ3v) is 2.95. The van der Waals surface area contributed by atoms with Gasteiger partial charge in [0.05, 0.1) is 13.3 Å². The minimum atomic E-state index is 0.839. The minimum Gasteiger partial charge on any atom is -0.497 e. The molecule has 0 heterocycles. The molecule has 19 heavy (non-hydrogen) atoms. The molecule has 4 nitrogen and oxygen atoms in total. The number of methoxy groups -OCH3 is 1. The molecule has 1 N–H and O–H groups in total. The zero-order valence-corrected chi connectivity index (χ0v) is 10.9. The first-order valence-electron chi connectivity index (χ1n) is 5.90. The number of oxime groups is 1. The molecular formula is C15H16N2O2. The predicted octanol–water partition coefficient (Wildman–Crippen LogP) is 3.27. The molecule has 2 rings (SSSR count). The Morgan fingerprint density at radius 1 is 1.00 bits per heavy atom. The summed E-state index contributed by atoms with van der Waals surface area (Å²) in [4.78, 5) is 2.07. The SMILES string of the molecule is COc1ccc(N(C)c2ccc(/C=N/O)cc2)cc1. The van der Waals surface area contributed by atoms with E-state index >= 15 is 0 Å². The van der Waals surface area contributed by atoms with Crippen LogP contribution in [0.25, 0.3) is 0 Å². The monoisotopic (exact) mass is 256 g/mol. The number of rotatable bonds is 4. The highest BCUT2D eigenvalue weighted by molar-refractivity contribution is 5.80. The molecule has 0 saturated heterocycles. The summed E-state index contributed by atoms with van der Waals surface area (Å²) in [6.45, 7) is 0. The molecule has 2 aromatic carbocycles. The quantitative estimate of drug-likeness (QED) is 0.518. The Morgan fingerprint density at radius 3 is 2.00 bits per heavy atom. The van der Waals surface area contributed by atoms with Gasteiger partial charge in [0.2, 0.25) is 0 Å². The molecule has 0 aliphatic heterocycles. The van der Waals surface area contributed by atoms with Crippen LogP contribution in [0, 0.1) is 0 Å². The van der Waals surface area contributed by atoms with Crippen molar-refractivity contribution in [1.29, 1.82) is 0 Å². The van der Waals surface area contributed by atoms with Crippen molar-refractivity contribution in [3.63, 3.8) is 0 Å². The third kappa shape index (κ3) is 3.04. The van der Waals surface area contributed by atoms with Gasteiger partial charge >= 0.3 is 0 Å². The van der Waals surface area contributed by atoms with Gasteiger partial charge < -0.3 is 14.8 Å². The third-order valence-electron chi connectivity index (χ3n) is 2.95. The van der Waals surface area contributed by atoms with E-state index in [1.165, 1.54) is 6.21 Å². The van der Waals surface area contributed by atoms with Crippen molar-refractivity contribution in [3.05, 3.63) is 54.1 Å². The molecule has 0 aliphatic carbocycles. The fraction of sp³-hybridized carbons (Fsp3) is 0.133. The highest BCUT2D eigenvalue weighted by Crippen LogP contribution is 2.25. The number of hydrogen-bond acceptors (Lipinski definition) is 4. The number of anilines is 2. The van der Waals surface area contributed by atoms with Gasteiger partial charge in [-0.25, -0.2) is 0 Å². The zero-order valence-electron chi connectivity index (χ0n) is 10.9. The van der Waals surface area contributed by atoms with E-state index < -0.39 is 0 Å². The van der Waals surface area contributed by atoms with E-state index in [1.54, 1.807) is 7.11 Å². The van der Waals surface area contributed by atoms with Crippen LogP contribution in [-0.4, -0.2) is 25.6 Å². The molecule has 2 aromatic rings. The van der Waals surface area contributed by atoms with E-state index in [0.29, 0.717) is 0 Å². The zero-order chi connectivity index (χ0) is 13.7. The van der Waals surface area contributed by atoms with E-state index in [1.807, 2.05) is 55.6 Å². The van der Waals surface area contributed by atoms with Crippen LogP contribution in [0.1, 0.15) is 5.56 Å². The first-order chi connectivity index (χ1) is 9.24. The maximum absolute atomic E-state index is 8.47. The average Bonchev–Trinajstić information content (AvgIpc) is 2.48. The number of ether oxygens (including phenoxy) is 1. The molecule has 0 aliphatic rings. The van der Waals surface area contributed by atoms with Crippen molar-refractivity contribution in [3.8, 4) is 5.75 Å². The van der Waals surface area contributed by atoms with Gasteiger partial charge in [-0.1, -0.05) is 17.3 Å². The number of hydrogen-bond donors (Lipinski definition) is 1. The van der Waals surface area contributed by atoms with Crippen molar-refractivity contribution in [2.75, 3.05) is 19.1 Å². The highest BCUT2D eigenvalue weighted by atomic mass is 16.5. The van der Waals surface area contributed by atoms with E-state index in [0.717, 1.165) is 22.7 Å². The molecule has 0 amide bonds. The molecule has 0 saturated carbocycles. The molecule has 4 heteroatoms. The van der Waals surface area contributed by atoms with Gasteiger partial charge in [-0.15, -0.1) is 0 Å². The fourth-order valence-corrected chi connectivity index (χ4v) is 1.81. The molecule has 0 spiro atoms. The standard InChI is InChI=1S/C15H16N2O2/c1-17(14-7-9-15(19-2)10-8-14)13-5-3-12(4-6-13)11-16-18/h3-11,18H,1-2H3/b16-11+. The Kier molecular flexibility index (Phi) is 4.03. The van der Waals surface area contributed by atoms with Crippen LogP contribution >= 0.6 is 0 Å². The first-order valence-corrected chi connectivity index (χ1v) is 5.90. The summed E-state index contributed by atoms with van der Waals surface area (Å²) in [6, 6.07) is 15.6. The molecular weight excluding hydrogens is 240 g/mol. The summed E-state index contributed by atoms with van der Waals surface area (Å²) in [5.74, 6) is 0.839. The van der Waals surface area contributed by atoms with Crippen LogP contribution < -0.4 is 9.64 Å². The van der Waals surface area contributed by atoms with Crippen molar-refractivity contribution >= 4 is 17.6 Å². The van der Waals surface area contributed by atoms with Gasteiger partial charge in [-0.2, -0.15) is 0 Å².